The fraction of sp³-hybridized carbons (Fsp3) is 0.538. The van der Waals surface area contributed by atoms with Gasteiger partial charge in [0.15, 0.2) is 0 Å². The molecule has 1 aliphatic rings. The van der Waals surface area contributed by atoms with E-state index in [2.05, 4.69) is 6.92 Å². The summed E-state index contributed by atoms with van der Waals surface area (Å²) < 4.78 is 5.69. The number of ether oxygens (including phenoxy) is 1. The van der Waals surface area contributed by atoms with E-state index in [-0.39, 0.29) is 6.10 Å². The van der Waals surface area contributed by atoms with Gasteiger partial charge in [0.25, 0.3) is 0 Å². The molecule has 82 valence electrons. The van der Waals surface area contributed by atoms with Crippen molar-refractivity contribution in [2.75, 3.05) is 6.61 Å². The molecule has 0 fully saturated rings. The molecule has 0 heterocycles. The highest BCUT2D eigenvalue weighted by molar-refractivity contribution is 5.46. The smallest absolute Gasteiger partial charge is 0.121 e. The third kappa shape index (κ3) is 1.86. The summed E-state index contributed by atoms with van der Waals surface area (Å²) in [4.78, 5) is 0. The van der Waals surface area contributed by atoms with E-state index >= 15 is 0 Å². The van der Waals surface area contributed by atoms with Gasteiger partial charge in [-0.15, -0.1) is 0 Å². The van der Waals surface area contributed by atoms with Crippen molar-refractivity contribution in [2.45, 2.75) is 39.2 Å². The first-order chi connectivity index (χ1) is 7.24. The Bertz CT molecular complexity index is 358. The summed E-state index contributed by atoms with van der Waals surface area (Å²) in [6.07, 6.45) is 3.34. The van der Waals surface area contributed by atoms with Crippen LogP contribution in [0.25, 0.3) is 0 Å². The van der Waals surface area contributed by atoms with E-state index in [1.54, 1.807) is 6.07 Å². The summed E-state index contributed by atoms with van der Waals surface area (Å²) in [7, 11) is 0. The molecule has 1 atom stereocenters. The van der Waals surface area contributed by atoms with Crippen molar-refractivity contribution in [2.24, 2.45) is 0 Å². The lowest BCUT2D eigenvalue weighted by atomic mass is 9.86. The zero-order valence-corrected chi connectivity index (χ0v) is 9.42. The maximum Gasteiger partial charge on any atom is 0.121 e. The molecular formula is C13H18O2. The zero-order chi connectivity index (χ0) is 10.8. The molecule has 0 aliphatic heterocycles. The number of aryl methyl sites for hydroxylation is 1. The predicted molar refractivity (Wildman–Crippen MR) is 60.1 cm³/mol. The molecule has 1 unspecified atom stereocenters. The first kappa shape index (κ1) is 10.5. The number of fused-ring (bicyclic) bond motifs is 1. The summed E-state index contributed by atoms with van der Waals surface area (Å²) in [5.74, 6) is 0.397. The first-order valence-electron chi connectivity index (χ1n) is 5.67. The maximum absolute atomic E-state index is 9.90. The van der Waals surface area contributed by atoms with Crippen LogP contribution in [0.1, 0.15) is 42.6 Å². The lowest BCUT2D eigenvalue weighted by molar-refractivity contribution is 0.0481. The second-order valence-corrected chi connectivity index (χ2v) is 4.13. The van der Waals surface area contributed by atoms with E-state index in [0.29, 0.717) is 12.4 Å². The Kier molecular flexibility index (Phi) is 2.96. The van der Waals surface area contributed by atoms with Gasteiger partial charge >= 0.3 is 0 Å². The van der Waals surface area contributed by atoms with Crippen LogP contribution < -0.4 is 0 Å². The Morgan fingerprint density at radius 1 is 1.47 bits per heavy atom. The highest BCUT2D eigenvalue weighted by Crippen LogP contribution is 2.39. The molecular weight excluding hydrogens is 188 g/mol. The SMILES string of the molecule is CCOC1CCCc2c(C)ccc(O)c21. The number of aromatic hydroxyl groups is 1. The Hall–Kier alpha value is -1.02. The molecule has 0 amide bonds. The lowest BCUT2D eigenvalue weighted by Gasteiger charge is -2.27. The predicted octanol–water partition coefficient (Wildman–Crippen LogP) is 3.11. The molecule has 0 spiro atoms. The summed E-state index contributed by atoms with van der Waals surface area (Å²) >= 11 is 0. The van der Waals surface area contributed by atoms with Gasteiger partial charge in [0.2, 0.25) is 0 Å². The van der Waals surface area contributed by atoms with Crippen LogP contribution in [0.2, 0.25) is 0 Å². The van der Waals surface area contributed by atoms with E-state index in [1.165, 1.54) is 11.1 Å². The molecule has 1 aromatic carbocycles. The van der Waals surface area contributed by atoms with Gasteiger partial charge in [-0.3, -0.25) is 0 Å². The Balaban J connectivity index is 2.45. The quantitative estimate of drug-likeness (QED) is 0.805. The second-order valence-electron chi connectivity index (χ2n) is 4.13. The minimum absolute atomic E-state index is 0.0960. The third-order valence-corrected chi connectivity index (χ3v) is 3.15. The van der Waals surface area contributed by atoms with Crippen molar-refractivity contribution >= 4 is 0 Å². The molecule has 1 aliphatic carbocycles. The van der Waals surface area contributed by atoms with Crippen molar-refractivity contribution in [1.29, 1.82) is 0 Å². The van der Waals surface area contributed by atoms with E-state index in [9.17, 15) is 5.11 Å². The first-order valence-corrected chi connectivity index (χ1v) is 5.67. The fourth-order valence-electron chi connectivity index (χ4n) is 2.43. The van der Waals surface area contributed by atoms with Gasteiger partial charge in [0, 0.05) is 12.2 Å². The normalized spacial score (nSPS) is 20.0. The molecule has 0 bridgehead atoms. The molecule has 1 N–H and O–H groups in total. The minimum Gasteiger partial charge on any atom is -0.508 e. The number of benzene rings is 1. The van der Waals surface area contributed by atoms with E-state index in [0.717, 1.165) is 24.8 Å². The van der Waals surface area contributed by atoms with Gasteiger partial charge in [0.1, 0.15) is 5.75 Å². The minimum atomic E-state index is 0.0960. The number of hydrogen-bond donors (Lipinski definition) is 1. The van der Waals surface area contributed by atoms with Gasteiger partial charge in [-0.1, -0.05) is 6.07 Å². The standard InChI is InChI=1S/C13H18O2/c1-3-15-12-6-4-5-10-9(2)7-8-11(14)13(10)12/h7-8,12,14H,3-6H2,1-2H3. The van der Waals surface area contributed by atoms with Crippen molar-refractivity contribution in [3.05, 3.63) is 28.8 Å². The molecule has 1 aromatic rings. The van der Waals surface area contributed by atoms with Crippen LogP contribution >= 0.6 is 0 Å². The summed E-state index contributed by atoms with van der Waals surface area (Å²) in [5, 5.41) is 9.90. The lowest BCUT2D eigenvalue weighted by Crippen LogP contribution is -2.14. The monoisotopic (exact) mass is 206 g/mol. The number of rotatable bonds is 2. The Morgan fingerprint density at radius 3 is 3.00 bits per heavy atom. The van der Waals surface area contributed by atoms with E-state index < -0.39 is 0 Å². The van der Waals surface area contributed by atoms with Crippen molar-refractivity contribution in [1.82, 2.24) is 0 Å². The van der Waals surface area contributed by atoms with Gasteiger partial charge in [-0.2, -0.15) is 0 Å². The second kappa shape index (κ2) is 4.23. The molecule has 15 heavy (non-hydrogen) atoms. The molecule has 2 heteroatoms. The van der Waals surface area contributed by atoms with Crippen molar-refractivity contribution in [3.8, 4) is 5.75 Å². The fourth-order valence-corrected chi connectivity index (χ4v) is 2.43. The zero-order valence-electron chi connectivity index (χ0n) is 9.42. The maximum atomic E-state index is 9.90. The van der Waals surface area contributed by atoms with Crippen LogP contribution in [-0.4, -0.2) is 11.7 Å². The highest BCUT2D eigenvalue weighted by atomic mass is 16.5. The molecule has 0 radical (unpaired) electrons. The van der Waals surface area contributed by atoms with Crippen LogP contribution in [0.15, 0.2) is 12.1 Å². The van der Waals surface area contributed by atoms with Crippen LogP contribution in [0.5, 0.6) is 5.75 Å². The molecule has 0 saturated heterocycles. The summed E-state index contributed by atoms with van der Waals surface area (Å²) in [6, 6.07) is 3.77. The van der Waals surface area contributed by atoms with Gasteiger partial charge in [-0.25, -0.2) is 0 Å². The average Bonchev–Trinajstić information content (AvgIpc) is 2.24. The molecule has 2 rings (SSSR count). The van der Waals surface area contributed by atoms with Gasteiger partial charge in [0.05, 0.1) is 6.10 Å². The van der Waals surface area contributed by atoms with Gasteiger partial charge in [-0.05, 0) is 50.3 Å². The molecule has 2 nitrogen and oxygen atoms in total. The Labute approximate surface area is 90.9 Å². The summed E-state index contributed by atoms with van der Waals surface area (Å²) in [5.41, 5.74) is 3.59. The molecule has 0 saturated carbocycles. The van der Waals surface area contributed by atoms with Crippen molar-refractivity contribution < 1.29 is 9.84 Å². The van der Waals surface area contributed by atoms with Crippen LogP contribution in [0.4, 0.5) is 0 Å². The average molecular weight is 206 g/mol. The van der Waals surface area contributed by atoms with Crippen LogP contribution in [0, 0.1) is 6.92 Å². The number of phenols is 1. The largest absolute Gasteiger partial charge is 0.508 e. The van der Waals surface area contributed by atoms with Crippen molar-refractivity contribution in [3.63, 3.8) is 0 Å². The number of hydrogen-bond acceptors (Lipinski definition) is 2. The Morgan fingerprint density at radius 2 is 2.27 bits per heavy atom. The summed E-state index contributed by atoms with van der Waals surface area (Å²) in [6.45, 7) is 4.81. The third-order valence-electron chi connectivity index (χ3n) is 3.15. The van der Waals surface area contributed by atoms with E-state index in [4.69, 9.17) is 4.74 Å². The van der Waals surface area contributed by atoms with Gasteiger partial charge < -0.3 is 9.84 Å². The topological polar surface area (TPSA) is 29.5 Å². The van der Waals surface area contributed by atoms with E-state index in [1.807, 2.05) is 13.0 Å². The highest BCUT2D eigenvalue weighted by Gasteiger charge is 2.24. The molecule has 0 aromatic heterocycles. The van der Waals surface area contributed by atoms with Crippen LogP contribution in [0.3, 0.4) is 0 Å². The number of phenolic OH excluding ortho intramolecular Hbond substituents is 1. The van der Waals surface area contributed by atoms with Crippen LogP contribution in [-0.2, 0) is 11.2 Å².